The van der Waals surface area contributed by atoms with Gasteiger partial charge in [-0.2, -0.15) is 4.37 Å². The summed E-state index contributed by atoms with van der Waals surface area (Å²) in [5.74, 6) is -0.116. The summed E-state index contributed by atoms with van der Waals surface area (Å²) in [5.41, 5.74) is 2.33. The predicted octanol–water partition coefficient (Wildman–Crippen LogP) is 1.82. The first-order chi connectivity index (χ1) is 8.72. The van der Waals surface area contributed by atoms with Crippen molar-refractivity contribution in [2.45, 2.75) is 13.5 Å². The minimum absolute atomic E-state index is 0.116. The number of carbonyl (C=O) groups is 1. The van der Waals surface area contributed by atoms with Crippen molar-refractivity contribution < 1.29 is 4.79 Å². The normalized spacial score (nSPS) is 10.1. The second-order valence-electron chi connectivity index (χ2n) is 3.77. The molecule has 1 amide bonds. The van der Waals surface area contributed by atoms with Gasteiger partial charge in [0.05, 0.1) is 11.3 Å². The molecule has 6 heteroatoms. The van der Waals surface area contributed by atoms with Crippen molar-refractivity contribution in [3.63, 3.8) is 0 Å². The molecule has 0 bridgehead atoms. The quantitative estimate of drug-likeness (QED) is 0.882. The van der Waals surface area contributed by atoms with Gasteiger partial charge >= 0.3 is 0 Å². The Balaban J connectivity index is 2.06. The van der Waals surface area contributed by atoms with E-state index in [9.17, 15) is 4.79 Å². The van der Waals surface area contributed by atoms with Gasteiger partial charge in [-0.25, -0.2) is 0 Å². The van der Waals surface area contributed by atoms with Crippen LogP contribution < -0.4 is 10.6 Å². The van der Waals surface area contributed by atoms with E-state index in [1.807, 2.05) is 19.1 Å². The minimum atomic E-state index is -0.116. The van der Waals surface area contributed by atoms with Crippen LogP contribution in [0.15, 0.2) is 24.5 Å². The largest absolute Gasteiger partial charge is 0.378 e. The lowest BCUT2D eigenvalue weighted by Gasteiger charge is -2.06. The zero-order chi connectivity index (χ0) is 13.0. The smallest absolute Gasteiger partial charge is 0.256 e. The summed E-state index contributed by atoms with van der Waals surface area (Å²) in [6.45, 7) is 2.29. The first kappa shape index (κ1) is 12.5. The van der Waals surface area contributed by atoms with E-state index < -0.39 is 0 Å². The summed E-state index contributed by atoms with van der Waals surface area (Å²) in [4.78, 5) is 16.1. The maximum atomic E-state index is 12.1. The van der Waals surface area contributed by atoms with Gasteiger partial charge in [-0.1, -0.05) is 6.07 Å². The molecule has 5 nitrogen and oxygen atoms in total. The number of carbonyl (C=O) groups excluding carboxylic acids is 1. The molecule has 0 spiro atoms. The van der Waals surface area contributed by atoms with Crippen LogP contribution in [0, 0.1) is 6.92 Å². The molecule has 0 aliphatic heterocycles. The molecular weight excluding hydrogens is 248 g/mol. The standard InChI is InChI=1S/C12H14N4OS/c1-8-10(12(13-2)18-16-8)11(17)15-7-9-4-3-5-14-6-9/h3-6,13H,7H2,1-2H3,(H,15,17). The average Bonchev–Trinajstić information content (AvgIpc) is 2.78. The zero-order valence-electron chi connectivity index (χ0n) is 10.2. The van der Waals surface area contributed by atoms with Crippen LogP contribution in [0.5, 0.6) is 0 Å². The molecule has 0 aromatic carbocycles. The maximum absolute atomic E-state index is 12.1. The highest BCUT2D eigenvalue weighted by Gasteiger charge is 2.17. The summed E-state index contributed by atoms with van der Waals surface area (Å²) < 4.78 is 4.17. The van der Waals surface area contributed by atoms with Crippen molar-refractivity contribution in [2.75, 3.05) is 12.4 Å². The molecule has 2 heterocycles. The maximum Gasteiger partial charge on any atom is 0.256 e. The molecule has 2 aromatic rings. The Bertz CT molecular complexity index is 538. The lowest BCUT2D eigenvalue weighted by atomic mass is 10.2. The van der Waals surface area contributed by atoms with Gasteiger partial charge in [-0.15, -0.1) is 0 Å². The molecule has 0 atom stereocenters. The lowest BCUT2D eigenvalue weighted by Crippen LogP contribution is -2.23. The third-order valence-corrected chi connectivity index (χ3v) is 3.45. The first-order valence-electron chi connectivity index (χ1n) is 5.53. The number of hydrogen-bond acceptors (Lipinski definition) is 5. The number of aromatic nitrogens is 2. The molecule has 0 fully saturated rings. The van der Waals surface area contributed by atoms with Crippen molar-refractivity contribution in [3.05, 3.63) is 41.3 Å². The van der Waals surface area contributed by atoms with Crippen LogP contribution >= 0.6 is 11.5 Å². The van der Waals surface area contributed by atoms with Gasteiger partial charge in [-0.3, -0.25) is 9.78 Å². The fourth-order valence-electron chi connectivity index (χ4n) is 1.58. The summed E-state index contributed by atoms with van der Waals surface area (Å²) in [5, 5.41) is 6.63. The van der Waals surface area contributed by atoms with Gasteiger partial charge < -0.3 is 10.6 Å². The number of nitrogens with zero attached hydrogens (tertiary/aromatic N) is 2. The molecular formula is C12H14N4OS. The van der Waals surface area contributed by atoms with Crippen molar-refractivity contribution in [2.24, 2.45) is 0 Å². The van der Waals surface area contributed by atoms with Crippen molar-refractivity contribution in [1.29, 1.82) is 0 Å². The Kier molecular flexibility index (Phi) is 3.88. The fraction of sp³-hybridized carbons (Fsp3) is 0.250. The lowest BCUT2D eigenvalue weighted by molar-refractivity contribution is 0.0951. The molecule has 0 saturated carbocycles. The highest BCUT2D eigenvalue weighted by Crippen LogP contribution is 2.23. The van der Waals surface area contributed by atoms with E-state index in [-0.39, 0.29) is 5.91 Å². The van der Waals surface area contributed by atoms with Crippen molar-refractivity contribution >= 4 is 22.4 Å². The third-order valence-electron chi connectivity index (χ3n) is 2.49. The van der Waals surface area contributed by atoms with Gasteiger partial charge in [0.25, 0.3) is 5.91 Å². The van der Waals surface area contributed by atoms with Crippen LogP contribution in [0.3, 0.4) is 0 Å². The summed E-state index contributed by atoms with van der Waals surface area (Å²) in [7, 11) is 1.78. The molecule has 0 unspecified atom stereocenters. The van der Waals surface area contributed by atoms with E-state index in [4.69, 9.17) is 0 Å². The molecule has 2 aromatic heterocycles. The number of hydrogen-bond donors (Lipinski definition) is 2. The Hall–Kier alpha value is -1.95. The van der Waals surface area contributed by atoms with E-state index in [0.717, 1.165) is 16.3 Å². The topological polar surface area (TPSA) is 66.9 Å². The highest BCUT2D eigenvalue weighted by atomic mass is 32.1. The van der Waals surface area contributed by atoms with Gasteiger partial charge in [0.2, 0.25) is 0 Å². The predicted molar refractivity (Wildman–Crippen MR) is 71.8 cm³/mol. The minimum Gasteiger partial charge on any atom is -0.378 e. The number of rotatable bonds is 4. The molecule has 94 valence electrons. The van der Waals surface area contributed by atoms with Gasteiger partial charge in [0.1, 0.15) is 5.00 Å². The molecule has 2 N–H and O–H groups in total. The molecule has 0 aliphatic rings. The molecule has 0 saturated heterocycles. The second-order valence-corrected chi connectivity index (χ2v) is 4.54. The number of pyridine rings is 1. The van der Waals surface area contributed by atoms with Crippen LogP contribution in [-0.2, 0) is 6.54 Å². The summed E-state index contributed by atoms with van der Waals surface area (Å²) in [6.07, 6.45) is 3.44. The van der Waals surface area contributed by atoms with Gasteiger partial charge in [0.15, 0.2) is 0 Å². The summed E-state index contributed by atoms with van der Waals surface area (Å²) in [6, 6.07) is 3.77. The molecule has 0 aliphatic carbocycles. The number of aryl methyl sites for hydroxylation is 1. The average molecular weight is 262 g/mol. The van der Waals surface area contributed by atoms with E-state index in [0.29, 0.717) is 12.1 Å². The Morgan fingerprint density at radius 2 is 2.33 bits per heavy atom. The zero-order valence-corrected chi connectivity index (χ0v) is 11.0. The summed E-state index contributed by atoms with van der Waals surface area (Å²) >= 11 is 1.29. The van der Waals surface area contributed by atoms with E-state index in [1.165, 1.54) is 11.5 Å². The molecule has 0 radical (unpaired) electrons. The van der Waals surface area contributed by atoms with Crippen molar-refractivity contribution in [3.8, 4) is 0 Å². The van der Waals surface area contributed by atoms with Crippen LogP contribution in [0.1, 0.15) is 21.6 Å². The first-order valence-corrected chi connectivity index (χ1v) is 6.31. The van der Waals surface area contributed by atoms with Crippen LogP contribution in [0.4, 0.5) is 5.00 Å². The third kappa shape index (κ3) is 2.65. The molecule has 2 rings (SSSR count). The second kappa shape index (κ2) is 5.59. The van der Waals surface area contributed by atoms with E-state index in [2.05, 4.69) is 20.0 Å². The van der Waals surface area contributed by atoms with Gasteiger partial charge in [0, 0.05) is 26.0 Å². The van der Waals surface area contributed by atoms with Crippen molar-refractivity contribution in [1.82, 2.24) is 14.7 Å². The monoisotopic (exact) mass is 262 g/mol. The molecule has 18 heavy (non-hydrogen) atoms. The Labute approximate surface area is 109 Å². The number of amides is 1. The van der Waals surface area contributed by atoms with Crippen LogP contribution in [0.2, 0.25) is 0 Å². The fourth-order valence-corrected chi connectivity index (χ4v) is 2.32. The SMILES string of the molecule is CNc1snc(C)c1C(=O)NCc1cccnc1. The Morgan fingerprint density at radius 1 is 1.50 bits per heavy atom. The van der Waals surface area contributed by atoms with Gasteiger partial charge in [-0.05, 0) is 30.1 Å². The van der Waals surface area contributed by atoms with E-state index in [1.54, 1.807) is 19.4 Å². The Morgan fingerprint density at radius 3 is 3.00 bits per heavy atom. The number of anilines is 1. The van der Waals surface area contributed by atoms with Crippen LogP contribution in [-0.4, -0.2) is 22.3 Å². The van der Waals surface area contributed by atoms with E-state index >= 15 is 0 Å². The highest BCUT2D eigenvalue weighted by molar-refractivity contribution is 7.10. The van der Waals surface area contributed by atoms with Crippen LogP contribution in [0.25, 0.3) is 0 Å². The number of nitrogens with one attached hydrogen (secondary N) is 2.